The summed E-state index contributed by atoms with van der Waals surface area (Å²) in [6, 6.07) is 5.62. The Morgan fingerprint density at radius 1 is 1.47 bits per heavy atom. The topological polar surface area (TPSA) is 35.5 Å². The molecule has 1 atom stereocenters. The maximum Gasteiger partial charge on any atom is 0.149 e. The molecule has 1 aliphatic rings. The number of benzene rings is 1. The van der Waals surface area contributed by atoms with Crippen LogP contribution in [0.5, 0.6) is 11.5 Å². The molecule has 0 saturated carbocycles. The molecule has 0 aliphatic carbocycles. The Labute approximate surface area is 101 Å². The van der Waals surface area contributed by atoms with Crippen LogP contribution in [0.4, 0.5) is 0 Å². The van der Waals surface area contributed by atoms with Crippen LogP contribution >= 0.6 is 0 Å². The van der Waals surface area contributed by atoms with Crippen LogP contribution in [0.2, 0.25) is 0 Å². The first kappa shape index (κ1) is 11.7. The van der Waals surface area contributed by atoms with E-state index in [1.165, 1.54) is 0 Å². The molecule has 90 valence electrons. The molecule has 17 heavy (non-hydrogen) atoms. The maximum absolute atomic E-state index is 11.0. The highest BCUT2D eigenvalue weighted by molar-refractivity contribution is 5.85. The van der Waals surface area contributed by atoms with Crippen molar-refractivity contribution in [2.45, 2.75) is 25.9 Å². The molecule has 3 nitrogen and oxygen atoms in total. The Bertz CT molecular complexity index is 449. The van der Waals surface area contributed by atoms with Gasteiger partial charge in [-0.3, -0.25) is 4.79 Å². The normalized spacial score (nSPS) is 17.8. The summed E-state index contributed by atoms with van der Waals surface area (Å²) in [5.74, 6) is 1.58. The third-order valence-corrected chi connectivity index (χ3v) is 2.87. The second kappa shape index (κ2) is 5.04. The molecule has 2 rings (SSSR count). The van der Waals surface area contributed by atoms with E-state index in [4.69, 9.17) is 9.47 Å². The van der Waals surface area contributed by atoms with Gasteiger partial charge in [-0.15, -0.1) is 0 Å². The molecule has 0 saturated heterocycles. The van der Waals surface area contributed by atoms with Crippen LogP contribution in [-0.4, -0.2) is 19.5 Å². The van der Waals surface area contributed by atoms with Gasteiger partial charge in [-0.25, -0.2) is 0 Å². The van der Waals surface area contributed by atoms with E-state index >= 15 is 0 Å². The Morgan fingerprint density at radius 2 is 2.29 bits per heavy atom. The summed E-state index contributed by atoms with van der Waals surface area (Å²) in [6.07, 6.45) is 4.49. The largest absolute Gasteiger partial charge is 0.497 e. The minimum Gasteiger partial charge on any atom is -0.497 e. The number of carbonyl (C=O) groups excluding carboxylic acids is 1. The molecule has 1 heterocycles. The van der Waals surface area contributed by atoms with Crippen LogP contribution in [0.25, 0.3) is 6.08 Å². The summed E-state index contributed by atoms with van der Waals surface area (Å²) >= 11 is 0. The first-order chi connectivity index (χ1) is 8.28. The molecule has 0 spiro atoms. The lowest BCUT2D eigenvalue weighted by molar-refractivity contribution is -0.105. The van der Waals surface area contributed by atoms with Gasteiger partial charge in [0.05, 0.1) is 7.11 Å². The van der Waals surface area contributed by atoms with Gasteiger partial charge in [0.1, 0.15) is 23.9 Å². The minimum atomic E-state index is -0.113. The highest BCUT2D eigenvalue weighted by Crippen LogP contribution is 2.33. The van der Waals surface area contributed by atoms with Gasteiger partial charge >= 0.3 is 0 Å². The lowest BCUT2D eigenvalue weighted by atomic mass is 9.99. The molecular formula is C14H16O3. The van der Waals surface area contributed by atoms with E-state index in [0.717, 1.165) is 36.2 Å². The molecule has 0 N–H and O–H groups in total. The van der Waals surface area contributed by atoms with Crippen molar-refractivity contribution in [1.82, 2.24) is 0 Å². The number of carbonyl (C=O) groups is 1. The smallest absolute Gasteiger partial charge is 0.149 e. The van der Waals surface area contributed by atoms with Crippen LogP contribution in [-0.2, 0) is 4.79 Å². The van der Waals surface area contributed by atoms with Gasteiger partial charge in [0, 0.05) is 11.1 Å². The summed E-state index contributed by atoms with van der Waals surface area (Å²) in [6.45, 7) is 2.08. The minimum absolute atomic E-state index is 0.113. The van der Waals surface area contributed by atoms with Gasteiger partial charge in [-0.05, 0) is 30.7 Å². The number of aldehydes is 1. The fraction of sp³-hybridized carbons (Fsp3) is 0.357. The first-order valence-corrected chi connectivity index (χ1v) is 5.80. The fourth-order valence-corrected chi connectivity index (χ4v) is 1.97. The number of rotatable bonds is 4. The van der Waals surface area contributed by atoms with E-state index < -0.39 is 0 Å². The van der Waals surface area contributed by atoms with Crippen LogP contribution in [0.1, 0.15) is 25.3 Å². The number of ether oxygens (including phenoxy) is 2. The van der Waals surface area contributed by atoms with Gasteiger partial charge in [0.2, 0.25) is 0 Å². The lowest BCUT2D eigenvalue weighted by Crippen LogP contribution is -2.23. The zero-order chi connectivity index (χ0) is 12.3. The van der Waals surface area contributed by atoms with Crippen molar-refractivity contribution >= 4 is 12.4 Å². The quantitative estimate of drug-likeness (QED) is 0.749. The molecule has 1 aromatic carbocycles. The van der Waals surface area contributed by atoms with Gasteiger partial charge < -0.3 is 9.47 Å². The van der Waals surface area contributed by atoms with Crippen LogP contribution in [0.3, 0.4) is 0 Å². The van der Waals surface area contributed by atoms with Crippen LogP contribution in [0.15, 0.2) is 23.8 Å². The predicted molar refractivity (Wildman–Crippen MR) is 66.4 cm³/mol. The van der Waals surface area contributed by atoms with Gasteiger partial charge in [-0.2, -0.15) is 0 Å². The van der Waals surface area contributed by atoms with Crippen molar-refractivity contribution in [1.29, 1.82) is 0 Å². The van der Waals surface area contributed by atoms with Crippen molar-refractivity contribution in [3.05, 3.63) is 29.3 Å². The van der Waals surface area contributed by atoms with E-state index in [1.807, 2.05) is 24.3 Å². The molecule has 0 amide bonds. The van der Waals surface area contributed by atoms with Gasteiger partial charge in [0.15, 0.2) is 0 Å². The molecule has 0 unspecified atom stereocenters. The average molecular weight is 232 g/mol. The molecule has 0 bridgehead atoms. The highest BCUT2D eigenvalue weighted by Gasteiger charge is 2.21. The van der Waals surface area contributed by atoms with Gasteiger partial charge in [-0.1, -0.05) is 13.3 Å². The molecule has 1 aromatic rings. The number of fused-ring (bicyclic) bond motifs is 1. The molecule has 0 aromatic heterocycles. The third kappa shape index (κ3) is 2.33. The third-order valence-electron chi connectivity index (χ3n) is 2.87. The summed E-state index contributed by atoms with van der Waals surface area (Å²) in [7, 11) is 1.62. The SMILES string of the molecule is CCC[C@H]1Oc2ccc(OC)cc2C=C1C=O. The Balaban J connectivity index is 2.36. The molecular weight excluding hydrogens is 216 g/mol. The van der Waals surface area contributed by atoms with Crippen molar-refractivity contribution in [2.75, 3.05) is 7.11 Å². The molecule has 1 aliphatic heterocycles. The van der Waals surface area contributed by atoms with Crippen molar-refractivity contribution in [3.8, 4) is 11.5 Å². The lowest BCUT2D eigenvalue weighted by Gasteiger charge is -2.24. The Hall–Kier alpha value is -1.77. The highest BCUT2D eigenvalue weighted by atomic mass is 16.5. The van der Waals surface area contributed by atoms with Crippen molar-refractivity contribution in [2.24, 2.45) is 0 Å². The second-order valence-electron chi connectivity index (χ2n) is 4.06. The van der Waals surface area contributed by atoms with Crippen molar-refractivity contribution < 1.29 is 14.3 Å². The predicted octanol–water partition coefficient (Wildman–Crippen LogP) is 2.84. The first-order valence-electron chi connectivity index (χ1n) is 5.80. The molecule has 3 heteroatoms. The fourth-order valence-electron chi connectivity index (χ4n) is 1.97. The summed E-state index contributed by atoms with van der Waals surface area (Å²) < 4.78 is 11.0. The zero-order valence-electron chi connectivity index (χ0n) is 10.1. The average Bonchev–Trinajstić information content (AvgIpc) is 2.37. The standard InChI is InChI=1S/C14H16O3/c1-3-4-13-11(9-15)7-10-8-12(16-2)5-6-14(10)17-13/h5-9,13H,3-4H2,1-2H3/t13-/m1/s1. The number of hydrogen-bond acceptors (Lipinski definition) is 3. The maximum atomic E-state index is 11.0. The van der Waals surface area contributed by atoms with Crippen molar-refractivity contribution in [3.63, 3.8) is 0 Å². The summed E-state index contributed by atoms with van der Waals surface area (Å²) in [5.41, 5.74) is 1.60. The van der Waals surface area contributed by atoms with Crippen LogP contribution in [0, 0.1) is 0 Å². The number of hydrogen-bond donors (Lipinski definition) is 0. The molecule has 0 fully saturated rings. The van der Waals surface area contributed by atoms with Gasteiger partial charge in [0.25, 0.3) is 0 Å². The Morgan fingerprint density at radius 3 is 2.94 bits per heavy atom. The van der Waals surface area contributed by atoms with E-state index in [2.05, 4.69) is 6.92 Å². The van der Waals surface area contributed by atoms with E-state index in [9.17, 15) is 4.79 Å². The van der Waals surface area contributed by atoms with Crippen LogP contribution < -0.4 is 9.47 Å². The van der Waals surface area contributed by atoms with E-state index in [1.54, 1.807) is 7.11 Å². The number of methoxy groups -OCH3 is 1. The summed E-state index contributed by atoms with van der Waals surface area (Å²) in [5, 5.41) is 0. The summed E-state index contributed by atoms with van der Waals surface area (Å²) in [4.78, 5) is 11.0. The van der Waals surface area contributed by atoms with E-state index in [-0.39, 0.29) is 6.10 Å². The zero-order valence-corrected chi connectivity index (χ0v) is 10.1. The Kier molecular flexibility index (Phi) is 3.47. The van der Waals surface area contributed by atoms with E-state index in [0.29, 0.717) is 5.57 Å². The second-order valence-corrected chi connectivity index (χ2v) is 4.06. The monoisotopic (exact) mass is 232 g/mol. The molecule has 0 radical (unpaired) electrons.